The van der Waals surface area contributed by atoms with E-state index in [-0.39, 0.29) is 0 Å². The first-order valence-corrected chi connectivity index (χ1v) is 6.97. The molecule has 0 spiro atoms. The lowest BCUT2D eigenvalue weighted by Crippen LogP contribution is -2.28. The summed E-state index contributed by atoms with van der Waals surface area (Å²) in [6, 6.07) is 8.62. The van der Waals surface area contributed by atoms with Crippen molar-refractivity contribution in [3.8, 4) is 11.1 Å². The van der Waals surface area contributed by atoms with Crippen molar-refractivity contribution in [3.05, 3.63) is 53.8 Å². The molecule has 0 saturated carbocycles. The third-order valence-electron chi connectivity index (χ3n) is 4.31. The van der Waals surface area contributed by atoms with Gasteiger partial charge in [0.05, 0.1) is 12.0 Å². The van der Waals surface area contributed by atoms with Crippen molar-refractivity contribution in [3.63, 3.8) is 0 Å². The normalized spacial score (nSPS) is 16.1. The fraction of sp³-hybridized carbons (Fsp3) is 0.111. The molecule has 2 heteroatoms. The SMILES string of the molecule is C1=Cc2cc3c4cccc-4coc3c3c2N(C1)CC=C3. The molecule has 0 fully saturated rings. The van der Waals surface area contributed by atoms with Gasteiger partial charge in [0.1, 0.15) is 5.58 Å². The molecule has 0 saturated heterocycles. The highest BCUT2D eigenvalue weighted by molar-refractivity contribution is 6.04. The van der Waals surface area contributed by atoms with Gasteiger partial charge < -0.3 is 9.32 Å². The number of rotatable bonds is 0. The van der Waals surface area contributed by atoms with E-state index in [1.165, 1.54) is 33.3 Å². The Hall–Kier alpha value is -2.48. The van der Waals surface area contributed by atoms with Gasteiger partial charge in [-0.05, 0) is 17.2 Å². The molecule has 0 N–H and O–H groups in total. The van der Waals surface area contributed by atoms with E-state index in [1.807, 2.05) is 6.26 Å². The topological polar surface area (TPSA) is 16.4 Å². The van der Waals surface area contributed by atoms with E-state index >= 15 is 0 Å². The van der Waals surface area contributed by atoms with Crippen LogP contribution in [-0.4, -0.2) is 13.1 Å². The Labute approximate surface area is 117 Å². The summed E-state index contributed by atoms with van der Waals surface area (Å²) >= 11 is 0. The van der Waals surface area contributed by atoms with Gasteiger partial charge >= 0.3 is 0 Å². The third kappa shape index (κ3) is 1.19. The first kappa shape index (κ1) is 10.3. The minimum atomic E-state index is 0.981. The third-order valence-corrected chi connectivity index (χ3v) is 4.31. The highest BCUT2D eigenvalue weighted by Crippen LogP contribution is 2.42. The number of hydrogen-bond donors (Lipinski definition) is 0. The van der Waals surface area contributed by atoms with Gasteiger partial charge in [-0.2, -0.15) is 0 Å². The predicted molar refractivity (Wildman–Crippen MR) is 83.1 cm³/mol. The van der Waals surface area contributed by atoms with Crippen LogP contribution in [0.2, 0.25) is 0 Å². The Morgan fingerprint density at radius 1 is 1.05 bits per heavy atom. The van der Waals surface area contributed by atoms with E-state index in [4.69, 9.17) is 4.42 Å². The van der Waals surface area contributed by atoms with Crippen LogP contribution in [0, 0.1) is 0 Å². The summed E-state index contributed by atoms with van der Waals surface area (Å²) in [5.41, 5.74) is 7.27. The van der Waals surface area contributed by atoms with Crippen LogP contribution in [0.4, 0.5) is 5.69 Å². The van der Waals surface area contributed by atoms with E-state index in [9.17, 15) is 0 Å². The van der Waals surface area contributed by atoms with E-state index in [1.54, 1.807) is 0 Å². The van der Waals surface area contributed by atoms with Gasteiger partial charge in [0, 0.05) is 29.6 Å². The van der Waals surface area contributed by atoms with Gasteiger partial charge in [-0.15, -0.1) is 0 Å². The van der Waals surface area contributed by atoms with Gasteiger partial charge in [-0.25, -0.2) is 0 Å². The molecular formula is C18H13NO. The van der Waals surface area contributed by atoms with Crippen LogP contribution < -0.4 is 4.90 Å². The molecule has 3 aliphatic heterocycles. The van der Waals surface area contributed by atoms with E-state index in [0.717, 1.165) is 18.7 Å². The zero-order valence-electron chi connectivity index (χ0n) is 11.0. The number of nitrogens with zero attached hydrogens (tertiary/aromatic N) is 1. The number of benzene rings is 1. The second-order valence-corrected chi connectivity index (χ2v) is 5.44. The summed E-state index contributed by atoms with van der Waals surface area (Å²) in [6.45, 7) is 1.96. The van der Waals surface area contributed by atoms with E-state index < -0.39 is 0 Å². The zero-order chi connectivity index (χ0) is 13.1. The fourth-order valence-corrected chi connectivity index (χ4v) is 3.43. The Balaban J connectivity index is 2.00. The molecule has 2 nitrogen and oxygen atoms in total. The maximum Gasteiger partial charge on any atom is 0.143 e. The van der Waals surface area contributed by atoms with Crippen LogP contribution in [0.3, 0.4) is 0 Å². The lowest BCUT2D eigenvalue weighted by atomic mass is 9.94. The second-order valence-electron chi connectivity index (χ2n) is 5.44. The Kier molecular flexibility index (Phi) is 1.83. The lowest BCUT2D eigenvalue weighted by Gasteiger charge is -2.32. The van der Waals surface area contributed by atoms with Crippen LogP contribution in [0.15, 0.2) is 47.1 Å². The van der Waals surface area contributed by atoms with Crippen molar-refractivity contribution in [1.82, 2.24) is 0 Å². The van der Waals surface area contributed by atoms with Gasteiger partial charge in [0.2, 0.25) is 0 Å². The minimum absolute atomic E-state index is 0.981. The van der Waals surface area contributed by atoms with Crippen LogP contribution in [-0.2, 0) is 0 Å². The summed E-state index contributed by atoms with van der Waals surface area (Å²) in [4.78, 5) is 2.40. The molecule has 1 aromatic carbocycles. The van der Waals surface area contributed by atoms with Crippen LogP contribution in [0.5, 0.6) is 0 Å². The highest BCUT2D eigenvalue weighted by Gasteiger charge is 2.23. The van der Waals surface area contributed by atoms with E-state index in [0.29, 0.717) is 0 Å². The average molecular weight is 259 g/mol. The van der Waals surface area contributed by atoms with Crippen molar-refractivity contribution in [2.24, 2.45) is 0 Å². The standard InChI is InChI=1S/C18H13NO/c1-4-13-11-20-18-15-7-3-9-19-8-2-5-12(17(15)19)10-16(18)14(13)6-1/h1-7,10-11H,8-9H2. The quantitative estimate of drug-likeness (QED) is 0.595. The Bertz CT molecular complexity index is 869. The molecular weight excluding hydrogens is 246 g/mol. The second kappa shape index (κ2) is 3.54. The monoisotopic (exact) mass is 259 g/mol. The summed E-state index contributed by atoms with van der Waals surface area (Å²) in [6.07, 6.45) is 10.8. The molecule has 0 amide bonds. The van der Waals surface area contributed by atoms with Crippen molar-refractivity contribution < 1.29 is 4.42 Å². The predicted octanol–water partition coefficient (Wildman–Crippen LogP) is 4.40. The first-order chi connectivity index (χ1) is 9.92. The summed E-state index contributed by atoms with van der Waals surface area (Å²) < 4.78 is 5.95. The highest BCUT2D eigenvalue weighted by atomic mass is 16.3. The number of anilines is 1. The molecule has 0 unspecified atom stereocenters. The fourth-order valence-electron chi connectivity index (χ4n) is 3.43. The molecule has 0 atom stereocenters. The van der Waals surface area contributed by atoms with Crippen molar-refractivity contribution in [2.45, 2.75) is 0 Å². The molecule has 1 aliphatic carbocycles. The van der Waals surface area contributed by atoms with Gasteiger partial charge in [-0.1, -0.05) is 42.5 Å². The zero-order valence-corrected chi connectivity index (χ0v) is 11.0. The Morgan fingerprint density at radius 2 is 1.95 bits per heavy atom. The summed E-state index contributed by atoms with van der Waals surface area (Å²) in [7, 11) is 0. The number of fused-ring (bicyclic) bond motifs is 4. The Morgan fingerprint density at radius 3 is 2.90 bits per heavy atom. The van der Waals surface area contributed by atoms with Gasteiger partial charge in [-0.3, -0.25) is 0 Å². The number of hydrogen-bond acceptors (Lipinski definition) is 2. The largest absolute Gasteiger partial charge is 0.463 e. The molecule has 1 aromatic rings. The molecule has 20 heavy (non-hydrogen) atoms. The van der Waals surface area contributed by atoms with Crippen LogP contribution in [0.1, 0.15) is 11.1 Å². The molecule has 4 aliphatic rings. The molecule has 5 rings (SSSR count). The molecule has 96 valence electrons. The maximum atomic E-state index is 5.95. The summed E-state index contributed by atoms with van der Waals surface area (Å²) in [5, 5.41) is 1.21. The minimum Gasteiger partial charge on any atom is -0.463 e. The molecule has 0 radical (unpaired) electrons. The lowest BCUT2D eigenvalue weighted by molar-refractivity contribution is 0.604. The maximum absolute atomic E-state index is 5.95. The average Bonchev–Trinajstić information content (AvgIpc) is 2.97. The molecule has 3 heterocycles. The summed E-state index contributed by atoms with van der Waals surface area (Å²) in [5.74, 6) is 0. The van der Waals surface area contributed by atoms with Crippen molar-refractivity contribution in [2.75, 3.05) is 18.0 Å². The van der Waals surface area contributed by atoms with Crippen LogP contribution >= 0.6 is 0 Å². The van der Waals surface area contributed by atoms with Crippen molar-refractivity contribution in [1.29, 1.82) is 0 Å². The smallest absolute Gasteiger partial charge is 0.143 e. The van der Waals surface area contributed by atoms with Gasteiger partial charge in [0.15, 0.2) is 0 Å². The van der Waals surface area contributed by atoms with E-state index in [2.05, 4.69) is 53.5 Å². The molecule has 0 bridgehead atoms. The van der Waals surface area contributed by atoms with Crippen LogP contribution in [0.25, 0.3) is 34.2 Å². The van der Waals surface area contributed by atoms with Gasteiger partial charge in [0.25, 0.3) is 0 Å². The first-order valence-electron chi connectivity index (χ1n) is 6.97. The molecule has 0 aromatic heterocycles. The van der Waals surface area contributed by atoms with Crippen molar-refractivity contribution >= 4 is 28.8 Å².